The van der Waals surface area contributed by atoms with E-state index in [-0.39, 0.29) is 12.6 Å². The van der Waals surface area contributed by atoms with Crippen molar-refractivity contribution in [2.75, 3.05) is 33.9 Å². The number of hydrogen-bond donors (Lipinski definition) is 1. The van der Waals surface area contributed by atoms with Crippen LogP contribution in [-0.2, 0) is 16.1 Å². The predicted octanol–water partition coefficient (Wildman–Crippen LogP) is 3.73. The third-order valence-electron chi connectivity index (χ3n) is 5.39. The minimum absolute atomic E-state index is 0.239. The van der Waals surface area contributed by atoms with E-state index in [4.69, 9.17) is 9.47 Å². The number of nitrogens with one attached hydrogen (secondary N) is 1. The van der Waals surface area contributed by atoms with E-state index in [2.05, 4.69) is 22.3 Å². The Bertz CT molecular complexity index is 974. The van der Waals surface area contributed by atoms with Crippen LogP contribution < -0.4 is 10.1 Å². The van der Waals surface area contributed by atoms with Crippen LogP contribution in [0.4, 0.5) is 4.79 Å². The zero-order valence-electron chi connectivity index (χ0n) is 19.1. The molecule has 0 unspecified atom stereocenters. The highest BCUT2D eigenvalue weighted by Gasteiger charge is 2.38. The zero-order chi connectivity index (χ0) is 23.1. The lowest BCUT2D eigenvalue weighted by Gasteiger charge is -2.37. The molecule has 32 heavy (non-hydrogen) atoms. The number of urea groups is 1. The Labute approximate surface area is 189 Å². The predicted molar refractivity (Wildman–Crippen MR) is 123 cm³/mol. The molecule has 0 aliphatic carbocycles. The van der Waals surface area contributed by atoms with Gasteiger partial charge in [-0.05, 0) is 44.2 Å². The van der Waals surface area contributed by atoms with Crippen molar-refractivity contribution in [3.63, 3.8) is 0 Å². The molecule has 1 N–H and O–H groups in total. The molecule has 1 aliphatic heterocycles. The van der Waals surface area contributed by atoms with Gasteiger partial charge >= 0.3 is 12.0 Å². The maximum Gasteiger partial charge on any atom is 0.338 e. The van der Waals surface area contributed by atoms with E-state index < -0.39 is 12.0 Å². The number of hydrogen-bond acceptors (Lipinski definition) is 5. The fourth-order valence-electron chi connectivity index (χ4n) is 3.94. The number of likely N-dealkylation sites (N-methyl/N-ethyl adjacent to an activating group) is 2. The summed E-state index contributed by atoms with van der Waals surface area (Å²) in [6, 6.07) is 16.6. The fourth-order valence-corrected chi connectivity index (χ4v) is 3.94. The zero-order valence-corrected chi connectivity index (χ0v) is 19.1. The highest BCUT2D eigenvalue weighted by molar-refractivity contribution is 5.95. The molecule has 2 amide bonds. The number of ether oxygens (including phenoxy) is 2. The summed E-state index contributed by atoms with van der Waals surface area (Å²) in [4.78, 5) is 29.9. The Morgan fingerprint density at radius 3 is 2.50 bits per heavy atom. The van der Waals surface area contributed by atoms with Crippen molar-refractivity contribution in [3.8, 4) is 5.75 Å². The Balaban J connectivity index is 2.05. The molecule has 7 nitrogen and oxygen atoms in total. The van der Waals surface area contributed by atoms with Gasteiger partial charge in [-0.25, -0.2) is 9.59 Å². The lowest BCUT2D eigenvalue weighted by Crippen LogP contribution is -2.50. The first-order valence-electron chi connectivity index (χ1n) is 10.8. The van der Waals surface area contributed by atoms with Gasteiger partial charge in [0.15, 0.2) is 0 Å². The van der Waals surface area contributed by atoms with Crippen LogP contribution in [0.5, 0.6) is 5.75 Å². The molecule has 7 heteroatoms. The second-order valence-corrected chi connectivity index (χ2v) is 7.64. The SMILES string of the molecule is CCOC(=O)C1=C(CN(C)Cc2ccccc2)N(CC)C(=O)N[C@@H]1c1cccc(OC)c1. The van der Waals surface area contributed by atoms with Gasteiger partial charge in [-0.15, -0.1) is 0 Å². The fraction of sp³-hybridized carbons (Fsp3) is 0.360. The number of carbonyl (C=O) groups excluding carboxylic acids is 2. The van der Waals surface area contributed by atoms with Crippen molar-refractivity contribution in [1.82, 2.24) is 15.1 Å². The second-order valence-electron chi connectivity index (χ2n) is 7.64. The summed E-state index contributed by atoms with van der Waals surface area (Å²) >= 11 is 0. The lowest BCUT2D eigenvalue weighted by molar-refractivity contribution is -0.139. The Kier molecular flexibility index (Phi) is 7.89. The largest absolute Gasteiger partial charge is 0.497 e. The number of rotatable bonds is 9. The summed E-state index contributed by atoms with van der Waals surface area (Å²) in [5.41, 5.74) is 3.02. The summed E-state index contributed by atoms with van der Waals surface area (Å²) < 4.78 is 10.8. The van der Waals surface area contributed by atoms with Crippen molar-refractivity contribution in [2.45, 2.75) is 26.4 Å². The first kappa shape index (κ1) is 23.3. The number of methoxy groups -OCH3 is 1. The number of amides is 2. The monoisotopic (exact) mass is 437 g/mol. The van der Waals surface area contributed by atoms with Crippen LogP contribution in [-0.4, -0.2) is 55.7 Å². The van der Waals surface area contributed by atoms with E-state index in [1.54, 1.807) is 18.9 Å². The molecule has 1 aliphatic rings. The van der Waals surface area contributed by atoms with Gasteiger partial charge in [-0.1, -0.05) is 42.5 Å². The van der Waals surface area contributed by atoms with Gasteiger partial charge in [0.2, 0.25) is 0 Å². The van der Waals surface area contributed by atoms with E-state index in [0.717, 1.165) is 11.1 Å². The van der Waals surface area contributed by atoms with Gasteiger partial charge in [-0.2, -0.15) is 0 Å². The molecule has 0 aromatic heterocycles. The maximum absolute atomic E-state index is 13.1. The van der Waals surface area contributed by atoms with Gasteiger partial charge in [0.1, 0.15) is 5.75 Å². The number of esters is 1. The van der Waals surface area contributed by atoms with Crippen LogP contribution in [0.3, 0.4) is 0 Å². The molecule has 3 rings (SSSR count). The van der Waals surface area contributed by atoms with E-state index in [0.29, 0.717) is 36.7 Å². The molecule has 2 aromatic carbocycles. The van der Waals surface area contributed by atoms with Crippen molar-refractivity contribution in [3.05, 3.63) is 77.0 Å². The third kappa shape index (κ3) is 5.29. The van der Waals surface area contributed by atoms with Crippen LogP contribution in [0.15, 0.2) is 65.9 Å². The van der Waals surface area contributed by atoms with Gasteiger partial charge in [0.05, 0.1) is 25.3 Å². The molecular formula is C25H31N3O4. The Morgan fingerprint density at radius 2 is 1.84 bits per heavy atom. The van der Waals surface area contributed by atoms with E-state index in [1.165, 1.54) is 0 Å². The summed E-state index contributed by atoms with van der Waals surface area (Å²) in [5.74, 6) is 0.225. The maximum atomic E-state index is 13.1. The van der Waals surface area contributed by atoms with E-state index in [9.17, 15) is 9.59 Å². The standard InChI is InChI=1S/C25H31N3O4/c1-5-28-21(17-27(3)16-18-11-8-7-9-12-18)22(24(29)32-6-2)23(26-25(28)30)19-13-10-14-20(15-19)31-4/h7-15,23H,5-6,16-17H2,1-4H3,(H,26,30)/t23-/m1/s1. The third-order valence-corrected chi connectivity index (χ3v) is 5.39. The minimum atomic E-state index is -0.625. The summed E-state index contributed by atoms with van der Waals surface area (Å²) in [6.07, 6.45) is 0. The van der Waals surface area contributed by atoms with Crippen molar-refractivity contribution in [1.29, 1.82) is 0 Å². The lowest BCUT2D eigenvalue weighted by atomic mass is 9.94. The van der Waals surface area contributed by atoms with Crippen LogP contribution >= 0.6 is 0 Å². The van der Waals surface area contributed by atoms with E-state index in [1.807, 2.05) is 56.4 Å². The van der Waals surface area contributed by atoms with Crippen LogP contribution in [0, 0.1) is 0 Å². The van der Waals surface area contributed by atoms with Crippen LogP contribution in [0.1, 0.15) is 31.0 Å². The average molecular weight is 438 g/mol. The molecule has 0 radical (unpaired) electrons. The molecule has 0 bridgehead atoms. The van der Waals surface area contributed by atoms with Gasteiger partial charge in [0.25, 0.3) is 0 Å². The molecular weight excluding hydrogens is 406 g/mol. The number of carbonyl (C=O) groups is 2. The molecule has 0 saturated heterocycles. The Morgan fingerprint density at radius 1 is 1.09 bits per heavy atom. The normalized spacial score (nSPS) is 16.2. The molecule has 170 valence electrons. The average Bonchev–Trinajstić information content (AvgIpc) is 2.79. The van der Waals surface area contributed by atoms with Crippen LogP contribution in [0.25, 0.3) is 0 Å². The molecule has 2 aromatic rings. The minimum Gasteiger partial charge on any atom is -0.497 e. The quantitative estimate of drug-likeness (QED) is 0.606. The van der Waals surface area contributed by atoms with Gasteiger partial charge in [-0.3, -0.25) is 9.80 Å². The van der Waals surface area contributed by atoms with Gasteiger partial charge in [0, 0.05) is 25.3 Å². The highest BCUT2D eigenvalue weighted by Crippen LogP contribution is 2.33. The topological polar surface area (TPSA) is 71.1 Å². The second kappa shape index (κ2) is 10.8. The summed E-state index contributed by atoms with van der Waals surface area (Å²) in [6.45, 7) is 5.47. The summed E-state index contributed by atoms with van der Waals surface area (Å²) in [7, 11) is 3.56. The highest BCUT2D eigenvalue weighted by atomic mass is 16.5. The van der Waals surface area contributed by atoms with Crippen LogP contribution in [0.2, 0.25) is 0 Å². The van der Waals surface area contributed by atoms with E-state index >= 15 is 0 Å². The first-order chi connectivity index (χ1) is 15.5. The molecule has 0 spiro atoms. The molecule has 1 atom stereocenters. The van der Waals surface area contributed by atoms with Gasteiger partial charge < -0.3 is 14.8 Å². The van der Waals surface area contributed by atoms with Crippen molar-refractivity contribution < 1.29 is 19.1 Å². The Hall–Kier alpha value is -3.32. The molecule has 1 heterocycles. The number of benzene rings is 2. The molecule has 0 fully saturated rings. The van der Waals surface area contributed by atoms with Crippen molar-refractivity contribution in [2.24, 2.45) is 0 Å². The van der Waals surface area contributed by atoms with Crippen molar-refractivity contribution >= 4 is 12.0 Å². The number of nitrogens with zero attached hydrogens (tertiary/aromatic N) is 2. The first-order valence-corrected chi connectivity index (χ1v) is 10.8. The summed E-state index contributed by atoms with van der Waals surface area (Å²) in [5, 5.41) is 2.98. The smallest absolute Gasteiger partial charge is 0.338 e. The molecule has 0 saturated carbocycles.